The first-order valence-corrected chi connectivity index (χ1v) is 6.90. The Morgan fingerprint density at radius 2 is 2.11 bits per heavy atom. The molecule has 19 heavy (non-hydrogen) atoms. The molecule has 1 saturated heterocycles. The fourth-order valence-corrected chi connectivity index (χ4v) is 2.78. The van der Waals surface area contributed by atoms with E-state index >= 15 is 0 Å². The summed E-state index contributed by atoms with van der Waals surface area (Å²) >= 11 is 0. The van der Waals surface area contributed by atoms with Gasteiger partial charge in [-0.1, -0.05) is 6.07 Å². The lowest BCUT2D eigenvalue weighted by molar-refractivity contribution is -0.0387. The van der Waals surface area contributed by atoms with Crippen LogP contribution >= 0.6 is 0 Å². The number of benzene rings is 1. The van der Waals surface area contributed by atoms with Crippen molar-refractivity contribution >= 4 is 5.91 Å². The third-order valence-electron chi connectivity index (χ3n) is 3.95. The van der Waals surface area contributed by atoms with Gasteiger partial charge >= 0.3 is 0 Å². The fourth-order valence-electron chi connectivity index (χ4n) is 2.78. The van der Waals surface area contributed by atoms with Crippen LogP contribution < -0.4 is 5.32 Å². The minimum Gasteiger partial charge on any atom is -0.375 e. The quantitative estimate of drug-likeness (QED) is 0.833. The highest BCUT2D eigenvalue weighted by atomic mass is 16.5. The Labute approximate surface area is 113 Å². The minimum atomic E-state index is 0.122. The molecule has 1 aromatic carbocycles. The molecule has 2 unspecified atom stereocenters. The van der Waals surface area contributed by atoms with E-state index in [-0.39, 0.29) is 18.1 Å². The molecular weight excluding hydrogens is 240 g/mol. The zero-order valence-corrected chi connectivity index (χ0v) is 11.5. The third kappa shape index (κ3) is 2.38. The molecule has 0 aliphatic carbocycles. The highest BCUT2D eigenvalue weighted by Crippen LogP contribution is 2.20. The van der Waals surface area contributed by atoms with Gasteiger partial charge in [0.2, 0.25) is 0 Å². The number of ether oxygens (including phenoxy) is 1. The van der Waals surface area contributed by atoms with Crippen molar-refractivity contribution in [2.45, 2.75) is 39.1 Å². The Balaban J connectivity index is 1.83. The Hall–Kier alpha value is -1.39. The van der Waals surface area contributed by atoms with E-state index in [0.29, 0.717) is 13.2 Å². The van der Waals surface area contributed by atoms with Gasteiger partial charge in [0.05, 0.1) is 18.8 Å². The SMILES string of the molecule is CC1CN(C(=O)c2ccc3c(c2)CNC3)C(C)CO1. The van der Waals surface area contributed by atoms with Crippen molar-refractivity contribution in [2.24, 2.45) is 0 Å². The van der Waals surface area contributed by atoms with Crippen molar-refractivity contribution in [2.75, 3.05) is 13.2 Å². The number of carbonyl (C=O) groups is 1. The van der Waals surface area contributed by atoms with Crippen molar-refractivity contribution in [1.82, 2.24) is 10.2 Å². The van der Waals surface area contributed by atoms with Gasteiger partial charge in [-0.05, 0) is 37.1 Å². The lowest BCUT2D eigenvalue weighted by atomic mass is 10.0. The molecule has 4 heteroatoms. The van der Waals surface area contributed by atoms with E-state index in [9.17, 15) is 4.79 Å². The second kappa shape index (κ2) is 4.94. The standard InChI is InChI=1S/C15H20N2O2/c1-10-9-19-11(2)8-17(10)15(18)12-3-4-13-6-16-7-14(13)5-12/h3-5,10-11,16H,6-9H2,1-2H3. The lowest BCUT2D eigenvalue weighted by Gasteiger charge is -2.36. The molecule has 0 bridgehead atoms. The smallest absolute Gasteiger partial charge is 0.254 e. The van der Waals surface area contributed by atoms with Crippen LogP contribution in [0.2, 0.25) is 0 Å². The molecule has 1 aromatic rings. The molecule has 0 saturated carbocycles. The Kier molecular flexibility index (Phi) is 3.29. The lowest BCUT2D eigenvalue weighted by Crippen LogP contribution is -2.50. The monoisotopic (exact) mass is 260 g/mol. The summed E-state index contributed by atoms with van der Waals surface area (Å²) in [5, 5.41) is 3.30. The molecule has 3 rings (SSSR count). The summed E-state index contributed by atoms with van der Waals surface area (Å²) in [4.78, 5) is 14.5. The Morgan fingerprint density at radius 3 is 2.95 bits per heavy atom. The summed E-state index contributed by atoms with van der Waals surface area (Å²) in [6.07, 6.45) is 0.122. The van der Waals surface area contributed by atoms with Crippen LogP contribution in [0.1, 0.15) is 35.3 Å². The highest BCUT2D eigenvalue weighted by Gasteiger charge is 2.28. The number of hydrogen-bond donors (Lipinski definition) is 1. The summed E-state index contributed by atoms with van der Waals surface area (Å²) in [7, 11) is 0. The van der Waals surface area contributed by atoms with E-state index in [4.69, 9.17) is 4.74 Å². The average Bonchev–Trinajstić information content (AvgIpc) is 2.88. The number of morpholine rings is 1. The van der Waals surface area contributed by atoms with Gasteiger partial charge in [0.25, 0.3) is 5.91 Å². The van der Waals surface area contributed by atoms with E-state index in [1.165, 1.54) is 11.1 Å². The number of amides is 1. The first-order chi connectivity index (χ1) is 9.15. The van der Waals surface area contributed by atoms with Crippen molar-refractivity contribution in [3.05, 3.63) is 34.9 Å². The van der Waals surface area contributed by atoms with E-state index < -0.39 is 0 Å². The van der Waals surface area contributed by atoms with Crippen LogP contribution in [-0.4, -0.2) is 36.1 Å². The van der Waals surface area contributed by atoms with Gasteiger partial charge in [-0.15, -0.1) is 0 Å². The maximum Gasteiger partial charge on any atom is 0.254 e. The second-order valence-corrected chi connectivity index (χ2v) is 5.54. The Morgan fingerprint density at radius 1 is 1.32 bits per heavy atom. The first-order valence-electron chi connectivity index (χ1n) is 6.90. The van der Waals surface area contributed by atoms with E-state index in [1.54, 1.807) is 0 Å². The largest absolute Gasteiger partial charge is 0.375 e. The molecule has 0 spiro atoms. The Bertz CT molecular complexity index is 501. The number of rotatable bonds is 1. The minimum absolute atomic E-state index is 0.122. The first kappa shape index (κ1) is 12.6. The number of nitrogens with zero attached hydrogens (tertiary/aromatic N) is 1. The van der Waals surface area contributed by atoms with Gasteiger partial charge in [0.15, 0.2) is 0 Å². The number of nitrogens with one attached hydrogen (secondary N) is 1. The van der Waals surface area contributed by atoms with Crippen LogP contribution in [0.4, 0.5) is 0 Å². The molecule has 1 amide bonds. The molecule has 102 valence electrons. The number of carbonyl (C=O) groups excluding carboxylic acids is 1. The summed E-state index contributed by atoms with van der Waals surface area (Å²) in [6, 6.07) is 6.19. The molecule has 1 fully saturated rings. The number of fused-ring (bicyclic) bond motifs is 1. The fraction of sp³-hybridized carbons (Fsp3) is 0.533. The molecule has 4 nitrogen and oxygen atoms in total. The predicted octanol–water partition coefficient (Wildman–Crippen LogP) is 1.54. The highest BCUT2D eigenvalue weighted by molar-refractivity contribution is 5.94. The molecule has 0 radical (unpaired) electrons. The van der Waals surface area contributed by atoms with Crippen molar-refractivity contribution in [1.29, 1.82) is 0 Å². The molecule has 0 aromatic heterocycles. The maximum absolute atomic E-state index is 12.6. The van der Waals surface area contributed by atoms with Crippen LogP contribution in [0.25, 0.3) is 0 Å². The summed E-state index contributed by atoms with van der Waals surface area (Å²) < 4.78 is 5.58. The third-order valence-corrected chi connectivity index (χ3v) is 3.95. The number of hydrogen-bond acceptors (Lipinski definition) is 3. The summed E-state index contributed by atoms with van der Waals surface area (Å²) in [5.41, 5.74) is 3.35. The van der Waals surface area contributed by atoms with Gasteiger partial charge < -0.3 is 15.0 Å². The molecule has 2 aliphatic rings. The average molecular weight is 260 g/mol. The van der Waals surface area contributed by atoms with Crippen molar-refractivity contribution in [3.63, 3.8) is 0 Å². The molecule has 2 atom stereocenters. The van der Waals surface area contributed by atoms with Crippen LogP contribution in [0.3, 0.4) is 0 Å². The van der Waals surface area contributed by atoms with E-state index in [0.717, 1.165) is 18.7 Å². The summed E-state index contributed by atoms with van der Waals surface area (Å²) in [6.45, 7) is 7.13. The van der Waals surface area contributed by atoms with Gasteiger partial charge in [-0.3, -0.25) is 4.79 Å². The van der Waals surface area contributed by atoms with Crippen LogP contribution in [0, 0.1) is 0 Å². The van der Waals surface area contributed by atoms with Gasteiger partial charge in [-0.25, -0.2) is 0 Å². The molecule has 2 heterocycles. The topological polar surface area (TPSA) is 41.6 Å². The molecule has 2 aliphatic heterocycles. The van der Waals surface area contributed by atoms with Crippen LogP contribution in [0.5, 0.6) is 0 Å². The second-order valence-electron chi connectivity index (χ2n) is 5.54. The molecular formula is C15H20N2O2. The van der Waals surface area contributed by atoms with Crippen LogP contribution in [-0.2, 0) is 17.8 Å². The van der Waals surface area contributed by atoms with Crippen molar-refractivity contribution in [3.8, 4) is 0 Å². The van der Waals surface area contributed by atoms with Gasteiger partial charge in [-0.2, -0.15) is 0 Å². The predicted molar refractivity (Wildman–Crippen MR) is 72.9 cm³/mol. The summed E-state index contributed by atoms with van der Waals surface area (Å²) in [5.74, 6) is 0.123. The van der Waals surface area contributed by atoms with Crippen molar-refractivity contribution < 1.29 is 9.53 Å². The van der Waals surface area contributed by atoms with Gasteiger partial charge in [0.1, 0.15) is 0 Å². The van der Waals surface area contributed by atoms with E-state index in [1.807, 2.05) is 30.9 Å². The zero-order valence-electron chi connectivity index (χ0n) is 11.5. The zero-order chi connectivity index (χ0) is 13.4. The maximum atomic E-state index is 12.6. The van der Waals surface area contributed by atoms with Crippen LogP contribution in [0.15, 0.2) is 18.2 Å². The van der Waals surface area contributed by atoms with Gasteiger partial charge in [0, 0.05) is 25.2 Å². The normalized spacial score (nSPS) is 26.3. The van der Waals surface area contributed by atoms with E-state index in [2.05, 4.69) is 11.4 Å². The molecule has 1 N–H and O–H groups in total.